The van der Waals surface area contributed by atoms with Crippen LogP contribution >= 0.6 is 11.3 Å². The Morgan fingerprint density at radius 2 is 2.14 bits per heavy atom. The maximum absolute atomic E-state index is 13.3. The quantitative estimate of drug-likeness (QED) is 0.598. The van der Waals surface area contributed by atoms with Crippen molar-refractivity contribution in [2.45, 2.75) is 65.3 Å². The summed E-state index contributed by atoms with van der Waals surface area (Å²) in [4.78, 5) is 22.1. The molecule has 4 rings (SSSR count). The topological polar surface area (TPSA) is 107 Å². The first-order chi connectivity index (χ1) is 14.0. The minimum Gasteiger partial charge on any atom is -0.493 e. The predicted octanol–water partition coefficient (Wildman–Crippen LogP) is 3.67. The molecule has 1 aliphatic carbocycles. The van der Waals surface area contributed by atoms with E-state index in [0.717, 1.165) is 36.4 Å². The van der Waals surface area contributed by atoms with E-state index in [4.69, 9.17) is 4.42 Å². The van der Waals surface area contributed by atoms with Gasteiger partial charge in [-0.3, -0.25) is 9.36 Å². The summed E-state index contributed by atoms with van der Waals surface area (Å²) in [5, 5.41) is 21.5. The average Bonchev–Trinajstić information content (AvgIpc) is 3.32. The highest BCUT2D eigenvalue weighted by Gasteiger charge is 2.33. The van der Waals surface area contributed by atoms with Crippen LogP contribution in [0, 0.1) is 12.8 Å². The number of aryl methyl sites for hydroxylation is 2. The van der Waals surface area contributed by atoms with Crippen molar-refractivity contribution in [2.24, 2.45) is 5.92 Å². The van der Waals surface area contributed by atoms with Crippen molar-refractivity contribution < 1.29 is 9.52 Å². The summed E-state index contributed by atoms with van der Waals surface area (Å²) in [5.41, 5.74) is 0.494. The van der Waals surface area contributed by atoms with Gasteiger partial charge in [-0.2, -0.15) is 4.98 Å². The van der Waals surface area contributed by atoms with Gasteiger partial charge in [-0.05, 0) is 39.0 Å². The van der Waals surface area contributed by atoms with Crippen LogP contribution < -0.4 is 5.56 Å². The summed E-state index contributed by atoms with van der Waals surface area (Å²) in [6.45, 7) is 6.06. The second-order valence-corrected chi connectivity index (χ2v) is 8.68. The molecule has 3 aromatic rings. The lowest BCUT2D eigenvalue weighted by Crippen LogP contribution is -2.30. The minimum absolute atomic E-state index is 0.000685. The lowest BCUT2D eigenvalue weighted by atomic mass is 10.1. The Bertz CT molecular complexity index is 1070. The molecule has 3 aromatic heterocycles. The Kier molecular flexibility index (Phi) is 5.49. The van der Waals surface area contributed by atoms with Crippen molar-refractivity contribution in [1.29, 1.82) is 0 Å². The fourth-order valence-electron chi connectivity index (χ4n) is 3.54. The van der Waals surface area contributed by atoms with Crippen molar-refractivity contribution in [3.8, 4) is 17.3 Å². The van der Waals surface area contributed by atoms with E-state index in [2.05, 4.69) is 27.1 Å². The number of nitrogens with zero attached hydrogens (tertiary/aromatic N) is 5. The Balaban J connectivity index is 1.71. The molecular formula is C20H25N5O3S. The van der Waals surface area contributed by atoms with E-state index in [-0.39, 0.29) is 28.9 Å². The molecule has 0 aliphatic heterocycles. The molecule has 1 unspecified atom stereocenters. The molecule has 0 bridgehead atoms. The Labute approximate surface area is 172 Å². The van der Waals surface area contributed by atoms with Crippen molar-refractivity contribution in [2.75, 3.05) is 0 Å². The van der Waals surface area contributed by atoms with Gasteiger partial charge in [0.25, 0.3) is 11.4 Å². The highest BCUT2D eigenvalue weighted by Crippen LogP contribution is 2.40. The molecule has 0 aromatic carbocycles. The van der Waals surface area contributed by atoms with Gasteiger partial charge in [0.15, 0.2) is 5.56 Å². The Morgan fingerprint density at radius 1 is 1.34 bits per heavy atom. The zero-order valence-corrected chi connectivity index (χ0v) is 17.7. The number of hydrogen-bond acceptors (Lipinski definition) is 8. The maximum atomic E-state index is 13.3. The third kappa shape index (κ3) is 4.10. The Hall–Kier alpha value is -2.55. The second kappa shape index (κ2) is 8.06. The van der Waals surface area contributed by atoms with E-state index in [1.54, 1.807) is 15.9 Å². The SMILES string of the molecule is CCCCc1nc(O)c(-c2nnc(Cc3csc(C)n3)o2)c(=O)n1C(C)C1CC1. The van der Waals surface area contributed by atoms with Crippen molar-refractivity contribution in [1.82, 2.24) is 24.7 Å². The molecule has 0 saturated heterocycles. The van der Waals surface area contributed by atoms with Crippen molar-refractivity contribution in [3.63, 3.8) is 0 Å². The summed E-state index contributed by atoms with van der Waals surface area (Å²) in [6, 6.07) is 0.0292. The summed E-state index contributed by atoms with van der Waals surface area (Å²) < 4.78 is 7.42. The maximum Gasteiger partial charge on any atom is 0.270 e. The van der Waals surface area contributed by atoms with Gasteiger partial charge in [-0.15, -0.1) is 21.5 Å². The second-order valence-electron chi connectivity index (χ2n) is 7.62. The number of unbranched alkanes of at least 4 members (excludes halogenated alkanes) is 1. The standard InChI is InChI=1S/C20H25N5O3S/c1-4-5-6-15-22-18(26)17(20(27)25(15)11(2)13-7-8-13)19-24-23-16(28-19)9-14-10-29-12(3)21-14/h10-11,13,26H,4-9H2,1-3H3. The smallest absolute Gasteiger partial charge is 0.270 e. The van der Waals surface area contributed by atoms with Crippen molar-refractivity contribution in [3.05, 3.63) is 38.2 Å². The van der Waals surface area contributed by atoms with E-state index < -0.39 is 0 Å². The van der Waals surface area contributed by atoms with Gasteiger partial charge in [0.1, 0.15) is 5.82 Å². The van der Waals surface area contributed by atoms with Crippen LogP contribution in [0.15, 0.2) is 14.6 Å². The largest absolute Gasteiger partial charge is 0.493 e. The number of aromatic hydroxyl groups is 1. The van der Waals surface area contributed by atoms with Crippen LogP contribution in [0.1, 0.15) is 68.0 Å². The monoisotopic (exact) mass is 415 g/mol. The highest BCUT2D eigenvalue weighted by molar-refractivity contribution is 7.09. The number of rotatable bonds is 8. The number of thiazole rings is 1. The lowest BCUT2D eigenvalue weighted by Gasteiger charge is -2.19. The van der Waals surface area contributed by atoms with Crippen LogP contribution in [0.3, 0.4) is 0 Å². The van der Waals surface area contributed by atoms with E-state index in [0.29, 0.717) is 30.5 Å². The van der Waals surface area contributed by atoms with Crippen LogP contribution in [0.25, 0.3) is 11.5 Å². The zero-order chi connectivity index (χ0) is 20.5. The van der Waals surface area contributed by atoms with Crippen LogP contribution in [0.2, 0.25) is 0 Å². The van der Waals surface area contributed by atoms with Gasteiger partial charge >= 0.3 is 0 Å². The third-order valence-electron chi connectivity index (χ3n) is 5.31. The molecule has 0 amide bonds. The molecule has 3 heterocycles. The highest BCUT2D eigenvalue weighted by atomic mass is 32.1. The summed E-state index contributed by atoms with van der Waals surface area (Å²) >= 11 is 1.55. The van der Waals surface area contributed by atoms with Gasteiger partial charge in [-0.25, -0.2) is 4.98 Å². The number of aromatic nitrogens is 5. The molecule has 154 valence electrons. The first kappa shape index (κ1) is 19.8. The molecule has 1 fully saturated rings. The van der Waals surface area contributed by atoms with E-state index in [1.807, 2.05) is 19.2 Å². The molecule has 1 saturated carbocycles. The molecule has 9 heteroatoms. The summed E-state index contributed by atoms with van der Waals surface area (Å²) in [7, 11) is 0. The van der Waals surface area contributed by atoms with Gasteiger partial charge < -0.3 is 9.52 Å². The average molecular weight is 416 g/mol. The number of hydrogen-bond donors (Lipinski definition) is 1. The molecular weight excluding hydrogens is 390 g/mol. The predicted molar refractivity (Wildman–Crippen MR) is 109 cm³/mol. The lowest BCUT2D eigenvalue weighted by molar-refractivity contribution is 0.407. The summed E-state index contributed by atoms with van der Waals surface area (Å²) in [6.07, 6.45) is 5.13. The third-order valence-corrected chi connectivity index (χ3v) is 6.14. The fraction of sp³-hybridized carbons (Fsp3) is 0.550. The zero-order valence-electron chi connectivity index (χ0n) is 16.9. The molecule has 0 radical (unpaired) electrons. The van der Waals surface area contributed by atoms with Gasteiger partial charge in [0, 0.05) is 17.8 Å². The molecule has 1 N–H and O–H groups in total. The Morgan fingerprint density at radius 3 is 2.79 bits per heavy atom. The van der Waals surface area contributed by atoms with Crippen LogP contribution in [0.5, 0.6) is 5.88 Å². The van der Waals surface area contributed by atoms with E-state index in [9.17, 15) is 9.90 Å². The molecule has 0 spiro atoms. The van der Waals surface area contributed by atoms with E-state index >= 15 is 0 Å². The normalized spacial score (nSPS) is 15.0. The van der Waals surface area contributed by atoms with Crippen LogP contribution in [-0.2, 0) is 12.8 Å². The molecule has 29 heavy (non-hydrogen) atoms. The fourth-order valence-corrected chi connectivity index (χ4v) is 4.16. The molecule has 1 atom stereocenters. The van der Waals surface area contributed by atoms with Gasteiger partial charge in [0.2, 0.25) is 11.8 Å². The first-order valence-corrected chi connectivity index (χ1v) is 10.9. The van der Waals surface area contributed by atoms with E-state index in [1.165, 1.54) is 0 Å². The van der Waals surface area contributed by atoms with Crippen molar-refractivity contribution >= 4 is 11.3 Å². The first-order valence-electron chi connectivity index (χ1n) is 10.1. The van der Waals surface area contributed by atoms with Gasteiger partial charge in [-0.1, -0.05) is 13.3 Å². The van der Waals surface area contributed by atoms with Crippen LogP contribution in [-0.4, -0.2) is 29.8 Å². The summed E-state index contributed by atoms with van der Waals surface area (Å²) in [5.74, 6) is 1.09. The van der Waals surface area contributed by atoms with Crippen LogP contribution in [0.4, 0.5) is 0 Å². The minimum atomic E-state index is -0.347. The molecule has 1 aliphatic rings. The van der Waals surface area contributed by atoms with Gasteiger partial charge in [0.05, 0.1) is 17.1 Å². The molecule has 8 nitrogen and oxygen atoms in total.